The Morgan fingerprint density at radius 1 is 0.806 bits per heavy atom. The molecule has 6 fully saturated rings. The lowest BCUT2D eigenvalue weighted by Gasteiger charge is -2.67. The van der Waals surface area contributed by atoms with E-state index in [2.05, 4.69) is 6.92 Å². The van der Waals surface area contributed by atoms with E-state index in [1.54, 1.807) is 58.4 Å². The predicted octanol–water partition coefficient (Wildman–Crippen LogP) is 3.45. The summed E-state index contributed by atoms with van der Waals surface area (Å²) < 4.78 is 62.2. The van der Waals surface area contributed by atoms with Crippen LogP contribution in [0.1, 0.15) is 117 Å². The van der Waals surface area contributed by atoms with Gasteiger partial charge in [0.15, 0.2) is 18.4 Å². The molecule has 67 heavy (non-hydrogen) atoms. The standard InChI is InChI=1S/C50H76O17/c1-26-38(52)42(60-10)39(53)44(62-26)65-40-27(2)61-37(23-33(40)58-8)64-41-28(3)66-46(6,25-34(41)59-9)67-32-17-18-45(5)31(22-32)16-19-49(56)35(45)24-36(63-43(54)30-14-12-11-13-15-30)47(7)48(55,29(4)51)20-21-50(47,49)57/h11-16,26-29,32-42,44,51-53,55-57H,17-25H2,1-10H3. The Balaban J connectivity index is 0.941. The first-order chi connectivity index (χ1) is 31.5. The summed E-state index contributed by atoms with van der Waals surface area (Å²) >= 11 is 0. The molecule has 3 saturated heterocycles. The quantitative estimate of drug-likeness (QED) is 0.130. The largest absolute Gasteiger partial charge is 0.458 e. The first kappa shape index (κ1) is 51.2. The molecule has 4 aliphatic carbocycles. The molecule has 0 spiro atoms. The van der Waals surface area contributed by atoms with Gasteiger partial charge >= 0.3 is 5.97 Å². The number of carbonyl (C=O) groups is 1. The van der Waals surface area contributed by atoms with E-state index >= 15 is 0 Å². The van der Waals surface area contributed by atoms with Crippen LogP contribution in [-0.4, -0.2) is 172 Å². The predicted molar refractivity (Wildman–Crippen MR) is 238 cm³/mol. The van der Waals surface area contributed by atoms with Gasteiger partial charge in [-0.3, -0.25) is 0 Å². The first-order valence-electron chi connectivity index (χ1n) is 24.3. The molecule has 3 aliphatic heterocycles. The zero-order valence-electron chi connectivity index (χ0n) is 40.7. The average Bonchev–Trinajstić information content (AvgIpc) is 3.52. The second-order valence-corrected chi connectivity index (χ2v) is 21.3. The third-order valence-corrected chi connectivity index (χ3v) is 17.7. The van der Waals surface area contributed by atoms with Crippen molar-refractivity contribution in [3.8, 4) is 0 Å². The topological polar surface area (TPSA) is 231 Å². The normalized spacial score (nSPS) is 50.3. The Labute approximate surface area is 394 Å². The SMILES string of the molecule is COC1CC(C)(OC2CCC3(C)C(=CCC4(O)C3CC(OC(=O)c3ccccc3)C3(C)C(O)(C(C)O)CCC43O)C2)OC(C)C1OC1CC(OC)C(OC2OC(C)C(O)C(OC)C2O)C(C)O1. The van der Waals surface area contributed by atoms with Crippen LogP contribution in [0.2, 0.25) is 0 Å². The summed E-state index contributed by atoms with van der Waals surface area (Å²) in [5, 5.41) is 70.6. The Hall–Kier alpha value is -2.17. The molecular weight excluding hydrogens is 873 g/mol. The molecule has 6 N–H and O–H groups in total. The Bertz CT molecular complexity index is 1940. The number of hydrogen-bond acceptors (Lipinski definition) is 17. The van der Waals surface area contributed by atoms with Gasteiger partial charge in [0.25, 0.3) is 0 Å². The summed E-state index contributed by atoms with van der Waals surface area (Å²) in [6, 6.07) is 8.58. The van der Waals surface area contributed by atoms with E-state index in [9.17, 15) is 35.4 Å². The van der Waals surface area contributed by atoms with Crippen LogP contribution in [0.3, 0.4) is 0 Å². The van der Waals surface area contributed by atoms with Crippen molar-refractivity contribution >= 4 is 5.97 Å². The average molecular weight is 949 g/mol. The van der Waals surface area contributed by atoms with Gasteiger partial charge in [0.2, 0.25) is 0 Å². The highest BCUT2D eigenvalue weighted by atomic mass is 16.8. The van der Waals surface area contributed by atoms with Crippen molar-refractivity contribution in [3.05, 3.63) is 47.5 Å². The number of esters is 1. The summed E-state index contributed by atoms with van der Waals surface area (Å²) in [6.45, 7) is 12.6. The zero-order valence-corrected chi connectivity index (χ0v) is 40.7. The first-order valence-corrected chi connectivity index (χ1v) is 24.3. The van der Waals surface area contributed by atoms with Crippen molar-refractivity contribution in [2.24, 2.45) is 16.7 Å². The summed E-state index contributed by atoms with van der Waals surface area (Å²) in [4.78, 5) is 13.7. The van der Waals surface area contributed by atoms with E-state index in [4.69, 9.17) is 47.4 Å². The van der Waals surface area contributed by atoms with Gasteiger partial charge in [0.1, 0.15) is 53.4 Å². The molecule has 0 amide bonds. The van der Waals surface area contributed by atoms with Gasteiger partial charge in [-0.15, -0.1) is 0 Å². The van der Waals surface area contributed by atoms with E-state index < -0.39 is 131 Å². The summed E-state index contributed by atoms with van der Waals surface area (Å²) in [5.74, 6) is -2.21. The fraction of sp³-hybridized carbons (Fsp3) is 0.820. The Kier molecular flexibility index (Phi) is 14.4. The second kappa shape index (κ2) is 18.8. The molecule has 3 saturated carbocycles. The zero-order chi connectivity index (χ0) is 48.6. The van der Waals surface area contributed by atoms with Gasteiger partial charge in [-0.25, -0.2) is 4.79 Å². The van der Waals surface area contributed by atoms with Crippen LogP contribution in [0.5, 0.6) is 0 Å². The number of benzene rings is 1. The monoisotopic (exact) mass is 949 g/mol. The van der Waals surface area contributed by atoms with Crippen LogP contribution in [0, 0.1) is 16.7 Å². The highest BCUT2D eigenvalue weighted by Crippen LogP contribution is 2.71. The molecule has 7 aliphatic rings. The lowest BCUT2D eigenvalue weighted by molar-refractivity contribution is -0.364. The number of methoxy groups -OCH3 is 3. The Morgan fingerprint density at radius 2 is 1.49 bits per heavy atom. The molecule has 22 unspecified atom stereocenters. The molecule has 0 radical (unpaired) electrons. The van der Waals surface area contributed by atoms with Crippen molar-refractivity contribution in [1.29, 1.82) is 0 Å². The molecule has 22 atom stereocenters. The number of ether oxygens (including phenoxy) is 10. The number of hydrogen-bond donors (Lipinski definition) is 6. The van der Waals surface area contributed by atoms with Crippen LogP contribution < -0.4 is 0 Å². The van der Waals surface area contributed by atoms with Crippen LogP contribution >= 0.6 is 0 Å². The molecule has 17 nitrogen and oxygen atoms in total. The van der Waals surface area contributed by atoms with Gasteiger partial charge in [0.05, 0.1) is 53.7 Å². The number of fused-ring (bicyclic) bond motifs is 5. The van der Waals surface area contributed by atoms with Crippen molar-refractivity contribution in [2.75, 3.05) is 21.3 Å². The third kappa shape index (κ3) is 8.36. The molecule has 8 rings (SSSR count). The molecular formula is C50H76O17. The van der Waals surface area contributed by atoms with Crippen LogP contribution in [-0.2, 0) is 47.4 Å². The molecule has 3 heterocycles. The van der Waals surface area contributed by atoms with E-state index in [1.165, 1.54) is 14.0 Å². The van der Waals surface area contributed by atoms with Crippen LogP contribution in [0.25, 0.3) is 0 Å². The minimum Gasteiger partial charge on any atom is -0.458 e. The Morgan fingerprint density at radius 3 is 2.15 bits per heavy atom. The van der Waals surface area contributed by atoms with Gasteiger partial charge in [-0.05, 0) is 97.1 Å². The smallest absolute Gasteiger partial charge is 0.338 e. The number of aliphatic hydroxyl groups excluding tert-OH is 3. The fourth-order valence-corrected chi connectivity index (χ4v) is 13.7. The lowest BCUT2D eigenvalue weighted by atomic mass is 9.42. The number of rotatable bonds is 12. The highest BCUT2D eigenvalue weighted by Gasteiger charge is 2.81. The maximum Gasteiger partial charge on any atom is 0.338 e. The molecule has 1 aromatic carbocycles. The lowest BCUT2D eigenvalue weighted by Crippen LogP contribution is -2.78. The maximum absolute atomic E-state index is 13.7. The number of aliphatic hydroxyl groups is 6. The molecule has 378 valence electrons. The highest BCUT2D eigenvalue weighted by molar-refractivity contribution is 5.89. The molecule has 1 aromatic rings. The van der Waals surface area contributed by atoms with E-state index in [0.29, 0.717) is 37.7 Å². The van der Waals surface area contributed by atoms with Crippen molar-refractivity contribution in [2.45, 2.75) is 221 Å². The van der Waals surface area contributed by atoms with Gasteiger partial charge < -0.3 is 78.0 Å². The van der Waals surface area contributed by atoms with Crippen LogP contribution in [0.15, 0.2) is 42.0 Å². The second-order valence-electron chi connectivity index (χ2n) is 21.3. The fourth-order valence-electron chi connectivity index (χ4n) is 13.7. The minimum atomic E-state index is -1.91. The van der Waals surface area contributed by atoms with Gasteiger partial charge in [0, 0.05) is 40.1 Å². The number of carbonyl (C=O) groups excluding carboxylic acids is 1. The molecule has 0 aromatic heterocycles. The van der Waals surface area contributed by atoms with E-state index in [-0.39, 0.29) is 31.8 Å². The van der Waals surface area contributed by atoms with E-state index in [0.717, 1.165) is 5.57 Å². The summed E-state index contributed by atoms with van der Waals surface area (Å²) in [5.41, 5.74) is -6.28. The molecule has 17 heteroatoms. The maximum atomic E-state index is 13.7. The third-order valence-electron chi connectivity index (χ3n) is 17.7. The minimum absolute atomic E-state index is 0.0116. The van der Waals surface area contributed by atoms with Crippen molar-refractivity contribution < 1.29 is 82.8 Å². The summed E-state index contributed by atoms with van der Waals surface area (Å²) in [6.07, 6.45) is -6.59. The van der Waals surface area contributed by atoms with Crippen molar-refractivity contribution in [1.82, 2.24) is 0 Å². The summed E-state index contributed by atoms with van der Waals surface area (Å²) in [7, 11) is 4.62. The van der Waals surface area contributed by atoms with Gasteiger partial charge in [-0.2, -0.15) is 0 Å². The van der Waals surface area contributed by atoms with Crippen LogP contribution in [0.4, 0.5) is 0 Å². The van der Waals surface area contributed by atoms with Gasteiger partial charge in [-0.1, -0.05) is 43.7 Å². The van der Waals surface area contributed by atoms with Crippen molar-refractivity contribution in [3.63, 3.8) is 0 Å². The van der Waals surface area contributed by atoms with E-state index in [1.807, 2.05) is 26.8 Å². The molecule has 0 bridgehead atoms.